The molecule has 1 amide bonds. The van der Waals surface area contributed by atoms with E-state index in [1.54, 1.807) is 25.5 Å². The first kappa shape index (κ1) is 23.1. The van der Waals surface area contributed by atoms with Crippen molar-refractivity contribution in [1.29, 1.82) is 0 Å². The minimum Gasteiger partial charge on any atom is -0.383 e. The lowest BCUT2D eigenvalue weighted by Gasteiger charge is -2.14. The van der Waals surface area contributed by atoms with E-state index in [4.69, 9.17) is 9.26 Å². The van der Waals surface area contributed by atoms with Gasteiger partial charge in [0.25, 0.3) is 5.56 Å². The topological polar surface area (TPSA) is 139 Å². The van der Waals surface area contributed by atoms with Gasteiger partial charge < -0.3 is 19.1 Å². The van der Waals surface area contributed by atoms with Gasteiger partial charge >= 0.3 is 5.69 Å². The van der Waals surface area contributed by atoms with Crippen LogP contribution >= 0.6 is 0 Å². The van der Waals surface area contributed by atoms with Gasteiger partial charge in [-0.05, 0) is 19.4 Å². The highest BCUT2D eigenvalue weighted by molar-refractivity contribution is 5.77. The molecular formula is C22H25N7O5. The number of carbonyl (C=O) groups excluding carboxylic acids is 1. The maximum absolute atomic E-state index is 13.4. The summed E-state index contributed by atoms with van der Waals surface area (Å²) >= 11 is 0. The molecule has 1 aromatic carbocycles. The van der Waals surface area contributed by atoms with Crippen LogP contribution in [-0.2, 0) is 29.2 Å². The lowest BCUT2D eigenvalue weighted by atomic mass is 10.2. The molecular weight excluding hydrogens is 442 g/mol. The van der Waals surface area contributed by atoms with Crippen LogP contribution < -0.4 is 16.6 Å². The van der Waals surface area contributed by atoms with Crippen LogP contribution in [0.5, 0.6) is 0 Å². The van der Waals surface area contributed by atoms with Gasteiger partial charge in [0.05, 0.1) is 19.5 Å². The van der Waals surface area contributed by atoms with Gasteiger partial charge in [0, 0.05) is 13.7 Å². The molecule has 178 valence electrons. The summed E-state index contributed by atoms with van der Waals surface area (Å²) in [5.41, 5.74) is 0.0961. The van der Waals surface area contributed by atoms with E-state index in [0.717, 1.165) is 10.1 Å². The van der Waals surface area contributed by atoms with Crippen molar-refractivity contribution >= 4 is 17.1 Å². The molecule has 0 saturated carbocycles. The molecule has 1 atom stereocenters. The number of fused-ring (bicyclic) bond motifs is 1. The minimum atomic E-state index is -0.630. The molecule has 1 N–H and O–H groups in total. The summed E-state index contributed by atoms with van der Waals surface area (Å²) < 4.78 is 14.1. The Kier molecular flexibility index (Phi) is 6.68. The van der Waals surface area contributed by atoms with Crippen LogP contribution in [0.1, 0.15) is 30.2 Å². The lowest BCUT2D eigenvalue weighted by Crippen LogP contribution is -2.44. The number of ether oxygens (including phenoxy) is 1. The number of rotatable bonds is 9. The molecule has 12 nitrogen and oxygen atoms in total. The standard InChI is InChI=1S/C22H25N7O5/c1-14(20-25-15(2)26-34-20)24-17(30)12-29-21(31)18-19(23-13-27(18)9-10-33-3)28(22(29)32)11-16-7-5-4-6-8-16/h4-8,13-14H,9-12H2,1-3H3,(H,24,30). The zero-order chi connectivity index (χ0) is 24.2. The second-order valence-electron chi connectivity index (χ2n) is 7.82. The molecule has 0 bridgehead atoms. The number of amides is 1. The summed E-state index contributed by atoms with van der Waals surface area (Å²) in [6.07, 6.45) is 1.50. The normalized spacial score (nSPS) is 12.2. The molecule has 0 saturated heterocycles. The molecule has 0 aliphatic carbocycles. The molecule has 0 aliphatic heterocycles. The van der Waals surface area contributed by atoms with Crippen molar-refractivity contribution in [3.63, 3.8) is 0 Å². The molecule has 1 unspecified atom stereocenters. The molecule has 4 rings (SSSR count). The number of benzene rings is 1. The van der Waals surface area contributed by atoms with E-state index in [1.165, 1.54) is 10.9 Å². The molecule has 0 radical (unpaired) electrons. The lowest BCUT2D eigenvalue weighted by molar-refractivity contribution is -0.122. The highest BCUT2D eigenvalue weighted by atomic mass is 16.5. The zero-order valence-electron chi connectivity index (χ0n) is 19.1. The van der Waals surface area contributed by atoms with Crippen molar-refractivity contribution in [1.82, 2.24) is 34.1 Å². The zero-order valence-corrected chi connectivity index (χ0v) is 19.1. The van der Waals surface area contributed by atoms with Crippen molar-refractivity contribution in [2.24, 2.45) is 0 Å². The molecule has 0 spiro atoms. The second-order valence-corrected chi connectivity index (χ2v) is 7.82. The highest BCUT2D eigenvalue weighted by Crippen LogP contribution is 2.11. The smallest absolute Gasteiger partial charge is 0.333 e. The minimum absolute atomic E-state index is 0.191. The third kappa shape index (κ3) is 4.66. The van der Waals surface area contributed by atoms with Gasteiger partial charge in [0.15, 0.2) is 17.0 Å². The van der Waals surface area contributed by atoms with Gasteiger partial charge in [-0.15, -0.1) is 0 Å². The molecule has 3 heterocycles. The first-order valence-electron chi connectivity index (χ1n) is 10.7. The van der Waals surface area contributed by atoms with E-state index >= 15 is 0 Å². The Hall–Kier alpha value is -4.06. The van der Waals surface area contributed by atoms with Crippen molar-refractivity contribution in [2.75, 3.05) is 13.7 Å². The van der Waals surface area contributed by atoms with E-state index in [9.17, 15) is 14.4 Å². The maximum atomic E-state index is 13.4. The first-order chi connectivity index (χ1) is 16.4. The van der Waals surface area contributed by atoms with Gasteiger partial charge in [-0.1, -0.05) is 35.5 Å². The Bertz CT molecular complexity index is 1420. The molecule has 4 aromatic rings. The summed E-state index contributed by atoms with van der Waals surface area (Å²) in [5, 5.41) is 6.39. The first-order valence-corrected chi connectivity index (χ1v) is 10.7. The van der Waals surface area contributed by atoms with Gasteiger partial charge in [-0.2, -0.15) is 4.98 Å². The molecule has 34 heavy (non-hydrogen) atoms. The Morgan fingerprint density at radius 1 is 1.21 bits per heavy atom. The van der Waals surface area contributed by atoms with Crippen molar-refractivity contribution < 1.29 is 14.1 Å². The molecule has 3 aromatic heterocycles. The van der Waals surface area contributed by atoms with Crippen LogP contribution in [0.15, 0.2) is 50.8 Å². The second kappa shape index (κ2) is 9.83. The van der Waals surface area contributed by atoms with Crippen LogP contribution in [-0.4, -0.2) is 48.4 Å². The van der Waals surface area contributed by atoms with E-state index < -0.39 is 29.7 Å². The van der Waals surface area contributed by atoms with E-state index in [2.05, 4.69) is 20.4 Å². The quantitative estimate of drug-likeness (QED) is 0.378. The van der Waals surface area contributed by atoms with E-state index in [1.807, 2.05) is 30.3 Å². The molecule has 0 aliphatic rings. The van der Waals surface area contributed by atoms with Crippen molar-refractivity contribution in [3.05, 3.63) is 74.8 Å². The van der Waals surface area contributed by atoms with Crippen LogP contribution in [0.25, 0.3) is 11.2 Å². The Morgan fingerprint density at radius 2 is 1.97 bits per heavy atom. The SMILES string of the molecule is COCCn1cnc2c1c(=O)n(CC(=O)NC(C)c1nc(C)no1)c(=O)n2Cc1ccccc1. The summed E-state index contributed by atoms with van der Waals surface area (Å²) in [6.45, 7) is 3.77. The van der Waals surface area contributed by atoms with Crippen molar-refractivity contribution in [3.8, 4) is 0 Å². The van der Waals surface area contributed by atoms with Crippen LogP contribution in [0.2, 0.25) is 0 Å². The highest BCUT2D eigenvalue weighted by Gasteiger charge is 2.21. The van der Waals surface area contributed by atoms with E-state index in [0.29, 0.717) is 19.0 Å². The fourth-order valence-corrected chi connectivity index (χ4v) is 3.63. The summed E-state index contributed by atoms with van der Waals surface area (Å²) in [6, 6.07) is 8.75. The third-order valence-corrected chi connectivity index (χ3v) is 5.30. The van der Waals surface area contributed by atoms with E-state index in [-0.39, 0.29) is 23.6 Å². The summed E-state index contributed by atoms with van der Waals surface area (Å²) in [5.74, 6) is 0.120. The average Bonchev–Trinajstić information content (AvgIpc) is 3.45. The molecule has 12 heteroatoms. The average molecular weight is 467 g/mol. The number of nitrogens with one attached hydrogen (secondary N) is 1. The van der Waals surface area contributed by atoms with Crippen molar-refractivity contribution in [2.45, 2.75) is 39.5 Å². The largest absolute Gasteiger partial charge is 0.383 e. The number of hydrogen-bond acceptors (Lipinski definition) is 8. The van der Waals surface area contributed by atoms with Crippen LogP contribution in [0.4, 0.5) is 0 Å². The third-order valence-electron chi connectivity index (χ3n) is 5.30. The Labute approximate surface area is 193 Å². The summed E-state index contributed by atoms with van der Waals surface area (Å²) in [7, 11) is 1.55. The van der Waals surface area contributed by atoms with Gasteiger partial charge in [0.1, 0.15) is 12.6 Å². The predicted molar refractivity (Wildman–Crippen MR) is 121 cm³/mol. The number of imidazole rings is 1. The monoisotopic (exact) mass is 467 g/mol. The number of aromatic nitrogens is 6. The predicted octanol–water partition coefficient (Wildman–Crippen LogP) is 0.623. The molecule has 0 fully saturated rings. The Balaban J connectivity index is 1.73. The number of hydrogen-bond donors (Lipinski definition) is 1. The number of aryl methyl sites for hydroxylation is 1. The number of nitrogens with zero attached hydrogens (tertiary/aromatic N) is 6. The van der Waals surface area contributed by atoms with Gasteiger partial charge in [0.2, 0.25) is 11.8 Å². The van der Waals surface area contributed by atoms with Crippen LogP contribution in [0, 0.1) is 6.92 Å². The number of methoxy groups -OCH3 is 1. The maximum Gasteiger partial charge on any atom is 0.333 e. The fourth-order valence-electron chi connectivity index (χ4n) is 3.63. The fraction of sp³-hybridized carbons (Fsp3) is 0.364. The number of carbonyl (C=O) groups is 1. The van der Waals surface area contributed by atoms with Crippen LogP contribution in [0.3, 0.4) is 0 Å². The van der Waals surface area contributed by atoms with Gasteiger partial charge in [-0.25, -0.2) is 14.3 Å². The summed E-state index contributed by atoms with van der Waals surface area (Å²) in [4.78, 5) is 47.9. The van der Waals surface area contributed by atoms with Gasteiger partial charge in [-0.3, -0.25) is 14.2 Å². The Morgan fingerprint density at radius 3 is 2.65 bits per heavy atom.